The molecule has 0 saturated heterocycles. The molecule has 8 heteroatoms. The standard InChI is InChI=1S/C20H22ClNO5S/c21-16-9-11-17(12-10-16)28(26,27)22(18-3-1-2-4-19(18)23)13-14-5-7-15(8-6-14)20(24)25/h5-12,18-19,23H,1-4,13H2,(H,24,25)/t18-,19-/m0/s1. The van der Waals surface area contributed by atoms with Gasteiger partial charge in [-0.3, -0.25) is 0 Å². The van der Waals surface area contributed by atoms with E-state index in [1.807, 2.05) is 0 Å². The number of halogens is 1. The lowest BCUT2D eigenvalue weighted by Crippen LogP contribution is -2.48. The van der Waals surface area contributed by atoms with Gasteiger partial charge in [0.05, 0.1) is 22.6 Å². The summed E-state index contributed by atoms with van der Waals surface area (Å²) in [6, 6.07) is 11.5. The second-order valence-electron chi connectivity index (χ2n) is 6.93. The highest BCUT2D eigenvalue weighted by atomic mass is 35.5. The summed E-state index contributed by atoms with van der Waals surface area (Å²) in [5.74, 6) is -1.04. The summed E-state index contributed by atoms with van der Waals surface area (Å²) < 4.78 is 28.0. The molecule has 0 bridgehead atoms. The van der Waals surface area contributed by atoms with Gasteiger partial charge in [-0.1, -0.05) is 36.6 Å². The first kappa shape index (κ1) is 20.8. The van der Waals surface area contributed by atoms with Crippen LogP contribution in [-0.2, 0) is 16.6 Å². The number of rotatable bonds is 6. The Morgan fingerprint density at radius 3 is 2.21 bits per heavy atom. The van der Waals surface area contributed by atoms with Crippen molar-refractivity contribution in [2.24, 2.45) is 0 Å². The molecule has 2 N–H and O–H groups in total. The zero-order valence-corrected chi connectivity index (χ0v) is 16.7. The highest BCUT2D eigenvalue weighted by molar-refractivity contribution is 7.89. The fourth-order valence-electron chi connectivity index (χ4n) is 3.48. The normalized spacial score (nSPS) is 20.2. The summed E-state index contributed by atoms with van der Waals surface area (Å²) in [7, 11) is -3.88. The third kappa shape index (κ3) is 4.55. The largest absolute Gasteiger partial charge is 0.478 e. The van der Waals surface area contributed by atoms with Crippen LogP contribution in [0.1, 0.15) is 41.6 Å². The van der Waals surface area contributed by atoms with Gasteiger partial charge in [0, 0.05) is 11.6 Å². The highest BCUT2D eigenvalue weighted by Crippen LogP contribution is 2.30. The molecule has 0 amide bonds. The second kappa shape index (κ2) is 8.61. The van der Waals surface area contributed by atoms with Crippen molar-refractivity contribution < 1.29 is 23.4 Å². The van der Waals surface area contributed by atoms with Crippen LogP contribution in [0.15, 0.2) is 53.4 Å². The van der Waals surface area contributed by atoms with Gasteiger partial charge in [-0.05, 0) is 54.8 Å². The summed E-state index contributed by atoms with van der Waals surface area (Å²) in [5, 5.41) is 20.0. The van der Waals surface area contributed by atoms with E-state index in [1.54, 1.807) is 12.1 Å². The van der Waals surface area contributed by atoms with Crippen LogP contribution in [0, 0.1) is 0 Å². The Morgan fingerprint density at radius 1 is 1.04 bits per heavy atom. The van der Waals surface area contributed by atoms with E-state index in [1.165, 1.54) is 40.7 Å². The number of carboxylic acids is 1. The van der Waals surface area contributed by atoms with E-state index in [0.717, 1.165) is 12.8 Å². The summed E-state index contributed by atoms with van der Waals surface area (Å²) in [6.07, 6.45) is 2.08. The van der Waals surface area contributed by atoms with E-state index in [9.17, 15) is 18.3 Å². The maximum atomic E-state index is 13.3. The van der Waals surface area contributed by atoms with Crippen molar-refractivity contribution in [1.29, 1.82) is 0 Å². The van der Waals surface area contributed by atoms with Crippen molar-refractivity contribution in [2.45, 2.75) is 49.3 Å². The van der Waals surface area contributed by atoms with E-state index in [2.05, 4.69) is 0 Å². The Morgan fingerprint density at radius 2 is 1.64 bits per heavy atom. The first-order valence-electron chi connectivity index (χ1n) is 9.07. The number of sulfonamides is 1. The number of hydrogen-bond acceptors (Lipinski definition) is 4. The molecule has 2 aromatic carbocycles. The van der Waals surface area contributed by atoms with Gasteiger partial charge in [-0.15, -0.1) is 0 Å². The smallest absolute Gasteiger partial charge is 0.335 e. The van der Waals surface area contributed by atoms with Crippen molar-refractivity contribution in [1.82, 2.24) is 4.31 Å². The van der Waals surface area contributed by atoms with Gasteiger partial charge in [-0.25, -0.2) is 13.2 Å². The molecule has 1 saturated carbocycles. The average molecular weight is 424 g/mol. The van der Waals surface area contributed by atoms with Crippen molar-refractivity contribution in [3.05, 3.63) is 64.7 Å². The van der Waals surface area contributed by atoms with E-state index in [0.29, 0.717) is 23.4 Å². The molecular weight excluding hydrogens is 402 g/mol. The molecule has 1 aliphatic rings. The fraction of sp³-hybridized carbons (Fsp3) is 0.350. The molecule has 0 aliphatic heterocycles. The topological polar surface area (TPSA) is 94.9 Å². The molecular formula is C20H22ClNO5S. The minimum Gasteiger partial charge on any atom is -0.478 e. The highest BCUT2D eigenvalue weighted by Gasteiger charge is 2.37. The maximum absolute atomic E-state index is 13.3. The van der Waals surface area contributed by atoms with Gasteiger partial charge in [-0.2, -0.15) is 4.31 Å². The van der Waals surface area contributed by atoms with Crippen LogP contribution in [0.5, 0.6) is 0 Å². The predicted octanol–water partition coefficient (Wildman–Crippen LogP) is 3.53. The molecule has 0 unspecified atom stereocenters. The van der Waals surface area contributed by atoms with Crippen molar-refractivity contribution in [3.8, 4) is 0 Å². The number of carboxylic acid groups (broad SMARTS) is 1. The summed E-state index contributed by atoms with van der Waals surface area (Å²) in [4.78, 5) is 11.2. The molecule has 6 nitrogen and oxygen atoms in total. The number of carbonyl (C=O) groups is 1. The molecule has 150 valence electrons. The number of hydrogen-bond donors (Lipinski definition) is 2. The molecule has 1 fully saturated rings. The van der Waals surface area contributed by atoms with E-state index in [4.69, 9.17) is 16.7 Å². The molecule has 1 aliphatic carbocycles. The van der Waals surface area contributed by atoms with Gasteiger partial charge >= 0.3 is 5.97 Å². The SMILES string of the molecule is O=C(O)c1ccc(CN([C@H]2CCCC[C@@H]2O)S(=O)(=O)c2ccc(Cl)cc2)cc1. The minimum absolute atomic E-state index is 0.0482. The monoisotopic (exact) mass is 423 g/mol. The molecule has 3 rings (SSSR count). The van der Waals surface area contributed by atoms with Gasteiger partial charge in [0.25, 0.3) is 0 Å². The van der Waals surface area contributed by atoms with Crippen LogP contribution in [0.3, 0.4) is 0 Å². The van der Waals surface area contributed by atoms with E-state index in [-0.39, 0.29) is 17.0 Å². The lowest BCUT2D eigenvalue weighted by Gasteiger charge is -2.36. The molecule has 0 spiro atoms. The number of aliphatic hydroxyl groups excluding tert-OH is 1. The van der Waals surface area contributed by atoms with E-state index < -0.39 is 28.1 Å². The molecule has 2 aromatic rings. The number of benzene rings is 2. The number of aromatic carboxylic acids is 1. The summed E-state index contributed by atoms with van der Waals surface area (Å²) in [6.45, 7) is 0.0482. The quantitative estimate of drug-likeness (QED) is 0.741. The third-order valence-corrected chi connectivity index (χ3v) is 7.16. The van der Waals surface area contributed by atoms with Crippen molar-refractivity contribution in [2.75, 3.05) is 0 Å². The predicted molar refractivity (Wildman–Crippen MR) is 106 cm³/mol. The van der Waals surface area contributed by atoms with Gasteiger partial charge in [0.15, 0.2) is 0 Å². The molecule has 0 heterocycles. The maximum Gasteiger partial charge on any atom is 0.335 e. The molecule has 0 radical (unpaired) electrons. The third-order valence-electron chi connectivity index (χ3n) is 5.02. The lowest BCUT2D eigenvalue weighted by molar-refractivity contribution is 0.0533. The van der Waals surface area contributed by atoms with Crippen LogP contribution in [0.4, 0.5) is 0 Å². The van der Waals surface area contributed by atoms with Gasteiger partial charge in [0.1, 0.15) is 0 Å². The Bertz CT molecular complexity index is 928. The number of aliphatic hydroxyl groups is 1. The minimum atomic E-state index is -3.88. The first-order valence-corrected chi connectivity index (χ1v) is 10.9. The van der Waals surface area contributed by atoms with Crippen LogP contribution in [0.25, 0.3) is 0 Å². The lowest BCUT2D eigenvalue weighted by atomic mass is 9.92. The Kier molecular flexibility index (Phi) is 6.40. The zero-order valence-electron chi connectivity index (χ0n) is 15.2. The summed E-state index contributed by atoms with van der Waals surface area (Å²) in [5.41, 5.74) is 0.786. The number of nitrogens with zero attached hydrogens (tertiary/aromatic N) is 1. The fourth-order valence-corrected chi connectivity index (χ4v) is 5.28. The molecule has 2 atom stereocenters. The van der Waals surface area contributed by atoms with Gasteiger partial charge in [0.2, 0.25) is 10.0 Å². The van der Waals surface area contributed by atoms with Crippen LogP contribution >= 0.6 is 11.6 Å². The van der Waals surface area contributed by atoms with Crippen LogP contribution in [0.2, 0.25) is 5.02 Å². The zero-order chi connectivity index (χ0) is 20.3. The van der Waals surface area contributed by atoms with Crippen LogP contribution in [-0.4, -0.2) is 41.1 Å². The van der Waals surface area contributed by atoms with Gasteiger partial charge < -0.3 is 10.2 Å². The van der Waals surface area contributed by atoms with E-state index >= 15 is 0 Å². The van der Waals surface area contributed by atoms with Crippen LogP contribution < -0.4 is 0 Å². The average Bonchev–Trinajstić information content (AvgIpc) is 2.67. The van der Waals surface area contributed by atoms with Crippen molar-refractivity contribution >= 4 is 27.6 Å². The Balaban J connectivity index is 1.97. The molecule has 0 aromatic heterocycles. The van der Waals surface area contributed by atoms with Crippen molar-refractivity contribution in [3.63, 3.8) is 0 Å². The molecule has 28 heavy (non-hydrogen) atoms. The Hall–Kier alpha value is -1.93. The summed E-state index contributed by atoms with van der Waals surface area (Å²) >= 11 is 5.89. The first-order chi connectivity index (χ1) is 13.3. The second-order valence-corrected chi connectivity index (χ2v) is 9.25. The Labute approximate surface area is 169 Å².